The Kier molecular flexibility index (Phi) is 3.28. The summed E-state index contributed by atoms with van der Waals surface area (Å²) in [6, 6.07) is 7.21. The number of aryl methyl sites for hydroxylation is 2. The van der Waals surface area contributed by atoms with E-state index in [1.54, 1.807) is 0 Å². The number of nitrogens with zero attached hydrogens (tertiary/aromatic N) is 2. The third-order valence-corrected chi connectivity index (χ3v) is 3.84. The van der Waals surface area contributed by atoms with E-state index in [1.807, 2.05) is 6.20 Å². The molecule has 0 saturated heterocycles. The average molecular weight is 255 g/mol. The van der Waals surface area contributed by atoms with E-state index in [-0.39, 0.29) is 0 Å². The second-order valence-electron chi connectivity index (χ2n) is 5.17. The van der Waals surface area contributed by atoms with Gasteiger partial charge < -0.3 is 9.88 Å². The molecule has 1 N–H and O–H groups in total. The molecule has 1 heterocycles. The Hall–Kier alpha value is -1.77. The minimum atomic E-state index is 0.656. The van der Waals surface area contributed by atoms with E-state index < -0.39 is 0 Å². The van der Waals surface area contributed by atoms with E-state index in [0.717, 1.165) is 18.8 Å². The molecule has 3 rings (SSSR count). The molecule has 1 aromatic carbocycles. The van der Waals surface area contributed by atoms with Crippen LogP contribution in [0, 0.1) is 0 Å². The van der Waals surface area contributed by atoms with Gasteiger partial charge in [-0.15, -0.1) is 0 Å². The van der Waals surface area contributed by atoms with Gasteiger partial charge in [-0.1, -0.05) is 32.0 Å². The number of anilines is 2. The van der Waals surface area contributed by atoms with Crippen molar-refractivity contribution in [3.63, 3.8) is 0 Å². The van der Waals surface area contributed by atoms with Crippen molar-refractivity contribution in [3.8, 4) is 0 Å². The summed E-state index contributed by atoms with van der Waals surface area (Å²) in [5.41, 5.74) is 3.98. The van der Waals surface area contributed by atoms with E-state index in [4.69, 9.17) is 0 Å². The number of hydrogen-bond acceptors (Lipinski definition) is 2. The van der Waals surface area contributed by atoms with Crippen LogP contribution in [0.25, 0.3) is 0 Å². The van der Waals surface area contributed by atoms with Gasteiger partial charge in [0.15, 0.2) is 0 Å². The Morgan fingerprint density at radius 3 is 2.47 bits per heavy atom. The third-order valence-electron chi connectivity index (χ3n) is 3.84. The summed E-state index contributed by atoms with van der Waals surface area (Å²) in [7, 11) is 0. The smallest absolute Gasteiger partial charge is 0.207 e. The standard InChI is InChI=1S/C16H21N3/c1-3-12-6-5-7-13(4-2)15(12)18-16-17-10-11-19(16)14-8-9-14/h5-7,10-11,14H,3-4,8-9H2,1-2H3,(H,17,18). The molecule has 19 heavy (non-hydrogen) atoms. The Balaban J connectivity index is 1.95. The van der Waals surface area contributed by atoms with Crippen molar-refractivity contribution in [1.29, 1.82) is 0 Å². The number of para-hydroxylation sites is 1. The summed E-state index contributed by atoms with van der Waals surface area (Å²) in [6.07, 6.45) is 8.61. The zero-order valence-corrected chi connectivity index (χ0v) is 11.7. The van der Waals surface area contributed by atoms with E-state index in [0.29, 0.717) is 6.04 Å². The highest BCUT2D eigenvalue weighted by Crippen LogP contribution is 2.38. The van der Waals surface area contributed by atoms with Crippen molar-refractivity contribution < 1.29 is 0 Å². The Morgan fingerprint density at radius 1 is 1.21 bits per heavy atom. The van der Waals surface area contributed by atoms with Gasteiger partial charge in [0, 0.05) is 24.1 Å². The minimum absolute atomic E-state index is 0.656. The van der Waals surface area contributed by atoms with Crippen LogP contribution in [0.2, 0.25) is 0 Å². The summed E-state index contributed by atoms with van der Waals surface area (Å²) in [4.78, 5) is 4.48. The Morgan fingerprint density at radius 2 is 1.89 bits per heavy atom. The fourth-order valence-corrected chi connectivity index (χ4v) is 2.57. The van der Waals surface area contributed by atoms with E-state index in [2.05, 4.69) is 53.1 Å². The lowest BCUT2D eigenvalue weighted by molar-refractivity contribution is 0.750. The van der Waals surface area contributed by atoms with Gasteiger partial charge in [0.1, 0.15) is 0 Å². The van der Waals surface area contributed by atoms with Crippen LogP contribution in [0.1, 0.15) is 43.9 Å². The van der Waals surface area contributed by atoms with Gasteiger partial charge in [0.25, 0.3) is 0 Å². The summed E-state index contributed by atoms with van der Waals surface area (Å²) < 4.78 is 2.27. The maximum Gasteiger partial charge on any atom is 0.207 e. The summed E-state index contributed by atoms with van der Waals surface area (Å²) >= 11 is 0. The van der Waals surface area contributed by atoms with Crippen molar-refractivity contribution in [1.82, 2.24) is 9.55 Å². The quantitative estimate of drug-likeness (QED) is 0.872. The van der Waals surface area contributed by atoms with E-state index in [1.165, 1.54) is 29.7 Å². The van der Waals surface area contributed by atoms with Gasteiger partial charge >= 0.3 is 0 Å². The highest BCUT2D eigenvalue weighted by Gasteiger charge is 2.25. The average Bonchev–Trinajstić information content (AvgIpc) is 3.19. The normalized spacial score (nSPS) is 14.6. The van der Waals surface area contributed by atoms with Crippen LogP contribution in [0.5, 0.6) is 0 Å². The molecule has 1 aromatic heterocycles. The Bertz CT molecular complexity index is 545. The Labute approximate surface area is 114 Å². The van der Waals surface area contributed by atoms with Crippen molar-refractivity contribution in [3.05, 3.63) is 41.7 Å². The van der Waals surface area contributed by atoms with Crippen molar-refractivity contribution in [2.24, 2.45) is 0 Å². The number of imidazole rings is 1. The number of nitrogens with one attached hydrogen (secondary N) is 1. The highest BCUT2D eigenvalue weighted by molar-refractivity contribution is 5.64. The number of aromatic nitrogens is 2. The fraction of sp³-hybridized carbons (Fsp3) is 0.438. The van der Waals surface area contributed by atoms with E-state index >= 15 is 0 Å². The molecule has 0 bridgehead atoms. The zero-order chi connectivity index (χ0) is 13.2. The second kappa shape index (κ2) is 5.08. The van der Waals surface area contributed by atoms with Crippen LogP contribution < -0.4 is 5.32 Å². The lowest BCUT2D eigenvalue weighted by Gasteiger charge is -2.16. The van der Waals surface area contributed by atoms with Crippen molar-refractivity contribution >= 4 is 11.6 Å². The first kappa shape index (κ1) is 12.3. The van der Waals surface area contributed by atoms with Gasteiger partial charge in [-0.05, 0) is 36.8 Å². The van der Waals surface area contributed by atoms with Gasteiger partial charge in [-0.2, -0.15) is 0 Å². The molecule has 1 saturated carbocycles. The first-order valence-electron chi connectivity index (χ1n) is 7.24. The molecule has 0 aliphatic heterocycles. The van der Waals surface area contributed by atoms with Gasteiger partial charge in [-0.3, -0.25) is 0 Å². The molecular weight excluding hydrogens is 234 g/mol. The molecule has 1 aliphatic rings. The molecule has 100 valence electrons. The first-order chi connectivity index (χ1) is 9.33. The first-order valence-corrected chi connectivity index (χ1v) is 7.24. The number of benzene rings is 1. The lowest BCUT2D eigenvalue weighted by atomic mass is 10.0. The third kappa shape index (κ3) is 2.37. The molecule has 0 amide bonds. The van der Waals surface area contributed by atoms with Gasteiger partial charge in [-0.25, -0.2) is 4.98 Å². The van der Waals surface area contributed by atoms with E-state index in [9.17, 15) is 0 Å². The van der Waals surface area contributed by atoms with Crippen LogP contribution in [0.15, 0.2) is 30.6 Å². The summed E-state index contributed by atoms with van der Waals surface area (Å²) in [5.74, 6) is 0.984. The van der Waals surface area contributed by atoms with Crippen molar-refractivity contribution in [2.75, 3.05) is 5.32 Å². The van der Waals surface area contributed by atoms with Crippen LogP contribution in [0.4, 0.5) is 11.6 Å². The maximum absolute atomic E-state index is 4.48. The molecule has 3 heteroatoms. The van der Waals surface area contributed by atoms with Crippen LogP contribution in [-0.4, -0.2) is 9.55 Å². The summed E-state index contributed by atoms with van der Waals surface area (Å²) in [5, 5.41) is 3.56. The monoisotopic (exact) mass is 255 g/mol. The number of rotatable bonds is 5. The maximum atomic E-state index is 4.48. The molecular formula is C16H21N3. The van der Waals surface area contributed by atoms with Crippen LogP contribution >= 0.6 is 0 Å². The number of hydrogen-bond donors (Lipinski definition) is 1. The van der Waals surface area contributed by atoms with Crippen LogP contribution in [0.3, 0.4) is 0 Å². The molecule has 0 radical (unpaired) electrons. The lowest BCUT2D eigenvalue weighted by Crippen LogP contribution is -2.05. The molecule has 0 unspecified atom stereocenters. The largest absolute Gasteiger partial charge is 0.325 e. The summed E-state index contributed by atoms with van der Waals surface area (Å²) in [6.45, 7) is 4.40. The predicted molar refractivity (Wildman–Crippen MR) is 79.0 cm³/mol. The molecule has 2 aromatic rings. The molecule has 0 spiro atoms. The molecule has 1 aliphatic carbocycles. The highest BCUT2D eigenvalue weighted by atomic mass is 15.2. The molecule has 1 fully saturated rings. The predicted octanol–water partition coefficient (Wildman–Crippen LogP) is 4.09. The minimum Gasteiger partial charge on any atom is -0.325 e. The SMILES string of the molecule is CCc1cccc(CC)c1Nc1nccn1C1CC1. The molecule has 3 nitrogen and oxygen atoms in total. The zero-order valence-electron chi connectivity index (χ0n) is 11.7. The fourth-order valence-electron chi connectivity index (χ4n) is 2.57. The van der Waals surface area contributed by atoms with Crippen LogP contribution in [-0.2, 0) is 12.8 Å². The topological polar surface area (TPSA) is 29.9 Å². The van der Waals surface area contributed by atoms with Gasteiger partial charge in [0.05, 0.1) is 0 Å². The van der Waals surface area contributed by atoms with Crippen molar-refractivity contribution in [2.45, 2.75) is 45.6 Å². The molecule has 0 atom stereocenters. The second-order valence-corrected chi connectivity index (χ2v) is 5.17. The van der Waals surface area contributed by atoms with Gasteiger partial charge in [0.2, 0.25) is 5.95 Å².